The lowest BCUT2D eigenvalue weighted by atomic mass is 10.2. The first kappa shape index (κ1) is 14.1. The second-order valence-corrected chi connectivity index (χ2v) is 5.16. The Bertz CT molecular complexity index is 581. The van der Waals surface area contributed by atoms with E-state index in [1.807, 2.05) is 31.1 Å². The maximum absolute atomic E-state index is 4.65. The number of nitrogens with zero attached hydrogens (tertiary/aromatic N) is 2. The molecule has 0 unspecified atom stereocenters. The van der Waals surface area contributed by atoms with Gasteiger partial charge in [0.15, 0.2) is 0 Å². The molecule has 20 heavy (non-hydrogen) atoms. The Hall–Kier alpha value is -2.29. The fourth-order valence-corrected chi connectivity index (χ4v) is 1.75. The zero-order chi connectivity index (χ0) is 14.5. The molecule has 0 aliphatic heterocycles. The van der Waals surface area contributed by atoms with Crippen molar-refractivity contribution in [3.05, 3.63) is 59.7 Å². The summed E-state index contributed by atoms with van der Waals surface area (Å²) in [5, 5.41) is 3.34. The number of hydrogen-bond donors (Lipinski definition) is 1. The van der Waals surface area contributed by atoms with E-state index < -0.39 is 0 Å². The molecule has 0 saturated heterocycles. The van der Waals surface area contributed by atoms with Gasteiger partial charge in [0, 0.05) is 19.8 Å². The molecule has 0 bridgehead atoms. The van der Waals surface area contributed by atoms with Crippen LogP contribution in [-0.2, 0) is 0 Å². The van der Waals surface area contributed by atoms with Gasteiger partial charge in [0.1, 0.15) is 0 Å². The fraction of sp³-hybridized carbons (Fsp3) is 0.235. The van der Waals surface area contributed by atoms with E-state index >= 15 is 0 Å². The fourth-order valence-electron chi connectivity index (χ4n) is 1.75. The average Bonchev–Trinajstić information content (AvgIpc) is 2.42. The van der Waals surface area contributed by atoms with Crippen LogP contribution < -0.4 is 5.32 Å². The molecular formula is C17H21N3. The molecule has 0 aliphatic rings. The number of anilines is 1. The van der Waals surface area contributed by atoms with Crippen molar-refractivity contribution in [3.8, 4) is 0 Å². The zero-order valence-electron chi connectivity index (χ0n) is 12.5. The summed E-state index contributed by atoms with van der Waals surface area (Å²) in [6.45, 7) is 4.15. The highest BCUT2D eigenvalue weighted by Crippen LogP contribution is 2.15. The molecule has 0 amide bonds. The average molecular weight is 267 g/mol. The highest BCUT2D eigenvalue weighted by molar-refractivity contribution is 5.95. The monoisotopic (exact) mass is 267 g/mol. The van der Waals surface area contributed by atoms with Crippen LogP contribution in [0, 0.1) is 13.8 Å². The van der Waals surface area contributed by atoms with Crippen molar-refractivity contribution < 1.29 is 0 Å². The number of guanidine groups is 1. The lowest BCUT2D eigenvalue weighted by Crippen LogP contribution is -2.29. The Morgan fingerprint density at radius 1 is 0.850 bits per heavy atom. The smallest absolute Gasteiger partial charge is 0.203 e. The maximum Gasteiger partial charge on any atom is 0.203 e. The van der Waals surface area contributed by atoms with Gasteiger partial charge in [0.05, 0.1) is 5.69 Å². The van der Waals surface area contributed by atoms with Crippen LogP contribution in [0.5, 0.6) is 0 Å². The van der Waals surface area contributed by atoms with E-state index in [9.17, 15) is 0 Å². The predicted octanol–water partition coefficient (Wildman–Crippen LogP) is 3.96. The van der Waals surface area contributed by atoms with Crippen molar-refractivity contribution in [1.82, 2.24) is 4.90 Å². The SMILES string of the molecule is Cc1ccc(N=C(Nc2ccc(C)cc2)N(C)C)cc1. The number of hydrogen-bond acceptors (Lipinski definition) is 1. The molecule has 2 aromatic rings. The van der Waals surface area contributed by atoms with E-state index in [0.717, 1.165) is 17.3 Å². The molecule has 0 aromatic heterocycles. The first-order chi connectivity index (χ1) is 9.54. The summed E-state index contributed by atoms with van der Waals surface area (Å²) in [6, 6.07) is 16.5. The number of benzene rings is 2. The molecule has 104 valence electrons. The molecule has 1 N–H and O–H groups in total. The Morgan fingerprint density at radius 2 is 1.35 bits per heavy atom. The molecule has 0 fully saturated rings. The third-order valence-corrected chi connectivity index (χ3v) is 3.00. The van der Waals surface area contributed by atoms with Gasteiger partial charge in [-0.25, -0.2) is 4.99 Å². The number of nitrogens with one attached hydrogen (secondary N) is 1. The molecule has 0 aliphatic carbocycles. The molecule has 0 atom stereocenters. The lowest BCUT2D eigenvalue weighted by Gasteiger charge is -2.17. The van der Waals surface area contributed by atoms with Crippen LogP contribution in [0.3, 0.4) is 0 Å². The molecule has 0 spiro atoms. The van der Waals surface area contributed by atoms with Gasteiger partial charge in [-0.3, -0.25) is 0 Å². The van der Waals surface area contributed by atoms with Gasteiger partial charge in [-0.2, -0.15) is 0 Å². The Labute approximate surface area is 121 Å². The third kappa shape index (κ3) is 3.85. The maximum atomic E-state index is 4.65. The van der Waals surface area contributed by atoms with Gasteiger partial charge >= 0.3 is 0 Å². The second kappa shape index (κ2) is 6.24. The number of aliphatic imine (C=N–C) groups is 1. The van der Waals surface area contributed by atoms with Crippen LogP contribution in [0.4, 0.5) is 11.4 Å². The molecular weight excluding hydrogens is 246 g/mol. The predicted molar refractivity (Wildman–Crippen MR) is 86.8 cm³/mol. The summed E-state index contributed by atoms with van der Waals surface area (Å²) in [5.74, 6) is 0.817. The molecule has 0 radical (unpaired) electrons. The third-order valence-electron chi connectivity index (χ3n) is 3.00. The van der Waals surface area contributed by atoms with Gasteiger partial charge in [0.25, 0.3) is 0 Å². The topological polar surface area (TPSA) is 27.6 Å². The molecule has 2 rings (SSSR count). The minimum absolute atomic E-state index is 0.817. The normalized spacial score (nSPS) is 11.3. The quantitative estimate of drug-likeness (QED) is 0.658. The van der Waals surface area contributed by atoms with Crippen molar-refractivity contribution in [1.29, 1.82) is 0 Å². The summed E-state index contributed by atoms with van der Waals surface area (Å²) in [6.07, 6.45) is 0. The first-order valence-corrected chi connectivity index (χ1v) is 6.71. The number of rotatable bonds is 2. The number of aryl methyl sites for hydroxylation is 2. The highest BCUT2D eigenvalue weighted by atomic mass is 15.3. The summed E-state index contributed by atoms with van der Waals surface area (Å²) in [7, 11) is 3.96. The Kier molecular flexibility index (Phi) is 4.41. The Balaban J connectivity index is 2.22. The van der Waals surface area contributed by atoms with Crippen molar-refractivity contribution in [2.45, 2.75) is 13.8 Å². The molecule has 3 heteroatoms. The molecule has 3 nitrogen and oxygen atoms in total. The van der Waals surface area contributed by atoms with Gasteiger partial charge in [0.2, 0.25) is 5.96 Å². The first-order valence-electron chi connectivity index (χ1n) is 6.71. The van der Waals surface area contributed by atoms with Crippen molar-refractivity contribution >= 4 is 17.3 Å². The summed E-state index contributed by atoms with van der Waals surface area (Å²) < 4.78 is 0. The van der Waals surface area contributed by atoms with Gasteiger partial charge in [-0.1, -0.05) is 35.4 Å². The van der Waals surface area contributed by atoms with Crippen LogP contribution in [0.2, 0.25) is 0 Å². The lowest BCUT2D eigenvalue weighted by molar-refractivity contribution is 0.621. The van der Waals surface area contributed by atoms with Crippen molar-refractivity contribution in [2.24, 2.45) is 4.99 Å². The van der Waals surface area contributed by atoms with Gasteiger partial charge in [-0.15, -0.1) is 0 Å². The van der Waals surface area contributed by atoms with E-state index in [1.165, 1.54) is 11.1 Å². The van der Waals surface area contributed by atoms with Crippen LogP contribution in [0.1, 0.15) is 11.1 Å². The Morgan fingerprint density at radius 3 is 1.85 bits per heavy atom. The van der Waals surface area contributed by atoms with E-state index in [0.29, 0.717) is 0 Å². The minimum atomic E-state index is 0.817. The molecule has 0 saturated carbocycles. The summed E-state index contributed by atoms with van der Waals surface area (Å²) in [4.78, 5) is 6.62. The zero-order valence-corrected chi connectivity index (χ0v) is 12.5. The summed E-state index contributed by atoms with van der Waals surface area (Å²) in [5.41, 5.74) is 4.47. The highest BCUT2D eigenvalue weighted by Gasteiger charge is 2.03. The largest absolute Gasteiger partial charge is 0.349 e. The van der Waals surface area contributed by atoms with Crippen LogP contribution in [0.25, 0.3) is 0 Å². The van der Waals surface area contributed by atoms with E-state index in [4.69, 9.17) is 0 Å². The van der Waals surface area contributed by atoms with Crippen molar-refractivity contribution in [2.75, 3.05) is 19.4 Å². The standard InChI is InChI=1S/C17H21N3/c1-13-5-9-15(10-6-13)18-17(20(3)4)19-16-11-7-14(2)8-12-16/h5-12H,1-4H3,(H,18,19). The summed E-state index contributed by atoms with van der Waals surface area (Å²) >= 11 is 0. The van der Waals surface area contributed by atoms with Crippen LogP contribution in [-0.4, -0.2) is 25.0 Å². The minimum Gasteiger partial charge on any atom is -0.349 e. The molecule has 0 heterocycles. The van der Waals surface area contributed by atoms with E-state index in [2.05, 4.69) is 60.6 Å². The van der Waals surface area contributed by atoms with Gasteiger partial charge in [-0.05, 0) is 38.1 Å². The van der Waals surface area contributed by atoms with Crippen LogP contribution in [0.15, 0.2) is 53.5 Å². The van der Waals surface area contributed by atoms with Crippen LogP contribution >= 0.6 is 0 Å². The van der Waals surface area contributed by atoms with E-state index in [-0.39, 0.29) is 0 Å². The molecule has 2 aromatic carbocycles. The van der Waals surface area contributed by atoms with Crippen molar-refractivity contribution in [3.63, 3.8) is 0 Å². The second-order valence-electron chi connectivity index (χ2n) is 5.16. The van der Waals surface area contributed by atoms with Gasteiger partial charge < -0.3 is 10.2 Å². The van der Waals surface area contributed by atoms with E-state index in [1.54, 1.807) is 0 Å².